The van der Waals surface area contributed by atoms with E-state index in [0.29, 0.717) is 8.95 Å². The number of nitrogens with zero attached hydrogens (tertiary/aromatic N) is 1. The summed E-state index contributed by atoms with van der Waals surface area (Å²) < 4.78 is 0.911. The van der Waals surface area contributed by atoms with Crippen LogP contribution in [0, 0.1) is 0 Å². The molecule has 2 N–H and O–H groups in total. The summed E-state index contributed by atoms with van der Waals surface area (Å²) in [5, 5.41) is 17.8. The number of pyridine rings is 1. The second-order valence-electron chi connectivity index (χ2n) is 2.26. The summed E-state index contributed by atoms with van der Waals surface area (Å²) in [6.07, 6.45) is 1.30. The van der Waals surface area contributed by atoms with Crippen LogP contribution in [0.25, 0.3) is 0 Å². The van der Waals surface area contributed by atoms with Crippen molar-refractivity contribution in [3.05, 3.63) is 26.9 Å². The highest BCUT2D eigenvalue weighted by molar-refractivity contribution is 9.11. The number of hydrogen-bond acceptors (Lipinski definition) is 3. The van der Waals surface area contributed by atoms with Crippen LogP contribution >= 0.6 is 31.9 Å². The van der Waals surface area contributed by atoms with Crippen LogP contribution in [-0.4, -0.2) is 21.2 Å². The first kappa shape index (κ1) is 10.6. The first-order chi connectivity index (χ1) is 6.04. The fourth-order valence-corrected chi connectivity index (χ4v) is 2.17. The van der Waals surface area contributed by atoms with Gasteiger partial charge in [0, 0.05) is 26.9 Å². The van der Waals surface area contributed by atoms with E-state index < -0.39 is 12.1 Å². The van der Waals surface area contributed by atoms with E-state index in [1.165, 1.54) is 12.4 Å². The summed E-state index contributed by atoms with van der Waals surface area (Å²) in [5.74, 6) is -1.30. The van der Waals surface area contributed by atoms with E-state index in [1.807, 2.05) is 0 Å². The molecular formula is C7H5Br2NO3. The van der Waals surface area contributed by atoms with Crippen LogP contribution in [-0.2, 0) is 4.79 Å². The van der Waals surface area contributed by atoms with Crippen molar-refractivity contribution in [1.82, 2.24) is 4.98 Å². The molecule has 0 aliphatic rings. The number of carboxylic acids is 1. The van der Waals surface area contributed by atoms with E-state index in [-0.39, 0.29) is 5.56 Å². The Kier molecular flexibility index (Phi) is 3.40. The maximum absolute atomic E-state index is 10.5. The zero-order valence-electron chi connectivity index (χ0n) is 6.24. The smallest absolute Gasteiger partial charge is 0.337 e. The number of rotatable bonds is 2. The Labute approximate surface area is 90.9 Å². The van der Waals surface area contributed by atoms with Crippen molar-refractivity contribution >= 4 is 37.8 Å². The lowest BCUT2D eigenvalue weighted by atomic mass is 10.1. The van der Waals surface area contributed by atoms with Crippen molar-refractivity contribution in [3.8, 4) is 0 Å². The van der Waals surface area contributed by atoms with Crippen LogP contribution in [0.1, 0.15) is 11.7 Å². The molecule has 0 aliphatic carbocycles. The molecule has 70 valence electrons. The van der Waals surface area contributed by atoms with Crippen LogP contribution in [0.3, 0.4) is 0 Å². The Morgan fingerprint density at radius 1 is 1.38 bits per heavy atom. The fraction of sp³-hybridized carbons (Fsp3) is 0.143. The van der Waals surface area contributed by atoms with Gasteiger partial charge in [0.2, 0.25) is 0 Å². The fourth-order valence-electron chi connectivity index (χ4n) is 0.806. The van der Waals surface area contributed by atoms with E-state index in [9.17, 15) is 9.90 Å². The molecule has 1 unspecified atom stereocenters. The Hall–Kier alpha value is -0.460. The van der Waals surface area contributed by atoms with Crippen molar-refractivity contribution in [2.45, 2.75) is 6.10 Å². The van der Waals surface area contributed by atoms with Gasteiger partial charge in [0.25, 0.3) is 0 Å². The highest BCUT2D eigenvalue weighted by atomic mass is 79.9. The molecule has 0 saturated carbocycles. The lowest BCUT2D eigenvalue weighted by Crippen LogP contribution is -2.11. The highest BCUT2D eigenvalue weighted by Gasteiger charge is 2.21. The molecule has 1 rings (SSSR count). The standard InChI is InChI=1S/C7H5Br2NO3/c8-3-1-10-2-4(9)5(3)6(11)7(12)13/h1-2,6,11H,(H,12,13). The van der Waals surface area contributed by atoms with Gasteiger partial charge in [-0.15, -0.1) is 0 Å². The van der Waals surface area contributed by atoms with Crippen molar-refractivity contribution < 1.29 is 15.0 Å². The van der Waals surface area contributed by atoms with Gasteiger partial charge in [0.15, 0.2) is 6.10 Å². The molecule has 0 saturated heterocycles. The van der Waals surface area contributed by atoms with Crippen LogP contribution in [0.2, 0.25) is 0 Å². The van der Waals surface area contributed by atoms with E-state index in [1.54, 1.807) is 0 Å². The molecule has 1 atom stereocenters. The van der Waals surface area contributed by atoms with Gasteiger partial charge in [-0.25, -0.2) is 4.79 Å². The number of aliphatic hydroxyl groups excluding tert-OH is 1. The van der Waals surface area contributed by atoms with Crippen LogP contribution < -0.4 is 0 Å². The van der Waals surface area contributed by atoms with Crippen LogP contribution in [0.4, 0.5) is 0 Å². The number of carbonyl (C=O) groups is 1. The largest absolute Gasteiger partial charge is 0.479 e. The summed E-state index contributed by atoms with van der Waals surface area (Å²) in [6, 6.07) is 0. The van der Waals surface area contributed by atoms with Crippen LogP contribution in [0.5, 0.6) is 0 Å². The number of aliphatic hydroxyl groups is 1. The molecule has 0 radical (unpaired) electrons. The Morgan fingerprint density at radius 2 is 1.85 bits per heavy atom. The second kappa shape index (κ2) is 4.17. The van der Waals surface area contributed by atoms with Crippen molar-refractivity contribution in [1.29, 1.82) is 0 Å². The Bertz CT molecular complexity index is 322. The molecule has 1 heterocycles. The van der Waals surface area contributed by atoms with Crippen molar-refractivity contribution in [2.24, 2.45) is 0 Å². The average molecular weight is 311 g/mol. The Balaban J connectivity index is 3.20. The molecule has 1 aromatic rings. The number of aliphatic carboxylic acids is 1. The first-order valence-corrected chi connectivity index (χ1v) is 4.82. The predicted octanol–water partition coefficient (Wildman–Crippen LogP) is 1.72. The molecule has 6 heteroatoms. The van der Waals surface area contributed by atoms with Crippen LogP contribution in [0.15, 0.2) is 21.3 Å². The molecule has 0 aliphatic heterocycles. The number of carboxylic acid groups (broad SMARTS) is 1. The normalized spacial score (nSPS) is 12.5. The second-order valence-corrected chi connectivity index (χ2v) is 3.97. The van der Waals surface area contributed by atoms with Gasteiger partial charge < -0.3 is 10.2 Å². The van der Waals surface area contributed by atoms with Crippen molar-refractivity contribution in [2.75, 3.05) is 0 Å². The van der Waals surface area contributed by atoms with Gasteiger partial charge >= 0.3 is 5.97 Å². The zero-order valence-corrected chi connectivity index (χ0v) is 9.41. The molecule has 4 nitrogen and oxygen atoms in total. The third kappa shape index (κ3) is 2.26. The minimum atomic E-state index is -1.55. The highest BCUT2D eigenvalue weighted by Crippen LogP contribution is 2.29. The molecule has 0 bridgehead atoms. The van der Waals surface area contributed by atoms with E-state index in [2.05, 4.69) is 36.8 Å². The maximum Gasteiger partial charge on any atom is 0.337 e. The van der Waals surface area contributed by atoms with E-state index >= 15 is 0 Å². The summed E-state index contributed by atoms with van der Waals surface area (Å²) in [6.45, 7) is 0. The minimum absolute atomic E-state index is 0.266. The monoisotopic (exact) mass is 309 g/mol. The lowest BCUT2D eigenvalue weighted by molar-refractivity contribution is -0.147. The molecular weight excluding hydrogens is 306 g/mol. The van der Waals surface area contributed by atoms with Gasteiger partial charge in [0.1, 0.15) is 0 Å². The van der Waals surface area contributed by atoms with Gasteiger partial charge in [0.05, 0.1) is 0 Å². The van der Waals surface area contributed by atoms with Gasteiger partial charge in [-0.2, -0.15) is 0 Å². The zero-order chi connectivity index (χ0) is 10.0. The Morgan fingerprint density at radius 3 is 2.23 bits per heavy atom. The van der Waals surface area contributed by atoms with Gasteiger partial charge in [-0.05, 0) is 31.9 Å². The minimum Gasteiger partial charge on any atom is -0.479 e. The summed E-state index contributed by atoms with van der Waals surface area (Å²) >= 11 is 6.20. The summed E-state index contributed by atoms with van der Waals surface area (Å²) in [4.78, 5) is 14.3. The number of aromatic nitrogens is 1. The van der Waals surface area contributed by atoms with Gasteiger partial charge in [-0.1, -0.05) is 0 Å². The molecule has 0 amide bonds. The average Bonchev–Trinajstić information content (AvgIpc) is 2.03. The topological polar surface area (TPSA) is 70.4 Å². The molecule has 1 aromatic heterocycles. The van der Waals surface area contributed by atoms with E-state index in [4.69, 9.17) is 5.11 Å². The van der Waals surface area contributed by atoms with Crippen molar-refractivity contribution in [3.63, 3.8) is 0 Å². The number of hydrogen-bond donors (Lipinski definition) is 2. The lowest BCUT2D eigenvalue weighted by Gasteiger charge is -2.09. The predicted molar refractivity (Wildman–Crippen MR) is 52.2 cm³/mol. The van der Waals surface area contributed by atoms with Gasteiger partial charge in [-0.3, -0.25) is 4.98 Å². The third-order valence-electron chi connectivity index (χ3n) is 1.40. The molecule has 0 spiro atoms. The summed E-state index contributed by atoms with van der Waals surface area (Å²) in [5.41, 5.74) is 0.266. The number of halogens is 2. The molecule has 13 heavy (non-hydrogen) atoms. The van der Waals surface area contributed by atoms with E-state index in [0.717, 1.165) is 0 Å². The summed E-state index contributed by atoms with van der Waals surface area (Å²) in [7, 11) is 0. The molecule has 0 fully saturated rings. The first-order valence-electron chi connectivity index (χ1n) is 3.23. The maximum atomic E-state index is 10.5. The quantitative estimate of drug-likeness (QED) is 0.872. The third-order valence-corrected chi connectivity index (χ3v) is 2.66. The molecule has 0 aromatic carbocycles. The SMILES string of the molecule is O=C(O)C(O)c1c(Br)cncc1Br.